The van der Waals surface area contributed by atoms with Crippen LogP contribution < -0.4 is 0 Å². The maximum Gasteiger partial charge on any atom is 0.227 e. The second-order valence-electron chi connectivity index (χ2n) is 4.32. The molecule has 0 aromatic rings. The molecule has 0 saturated heterocycles. The Hall–Kier alpha value is -0.0400. The summed E-state index contributed by atoms with van der Waals surface area (Å²) >= 11 is 5.47. The van der Waals surface area contributed by atoms with E-state index < -0.39 is 0 Å². The van der Waals surface area contributed by atoms with Crippen molar-refractivity contribution < 1.29 is 4.79 Å². The number of carbonyl (C=O) groups excluding carboxylic acids is 1. The standard InChI is InChI=1S/C11H21ClO/c1-4-5-6-7-8-9-11(2,3)10(12)13/h4-9H2,1-3H3. The molecule has 0 unspecified atom stereocenters. The third kappa shape index (κ3) is 6.09. The van der Waals surface area contributed by atoms with Gasteiger partial charge in [0, 0.05) is 5.41 Å². The molecule has 0 bridgehead atoms. The molecule has 0 heterocycles. The smallest absolute Gasteiger partial charge is 0.227 e. The van der Waals surface area contributed by atoms with Gasteiger partial charge in [0.15, 0.2) is 0 Å². The van der Waals surface area contributed by atoms with E-state index in [9.17, 15) is 4.79 Å². The van der Waals surface area contributed by atoms with Gasteiger partial charge in [-0.15, -0.1) is 0 Å². The molecule has 2 heteroatoms. The second-order valence-corrected chi connectivity index (χ2v) is 4.67. The van der Waals surface area contributed by atoms with Gasteiger partial charge < -0.3 is 0 Å². The van der Waals surface area contributed by atoms with E-state index in [1.165, 1.54) is 25.7 Å². The fourth-order valence-electron chi connectivity index (χ4n) is 1.27. The lowest BCUT2D eigenvalue weighted by molar-refractivity contribution is -0.119. The van der Waals surface area contributed by atoms with Crippen LogP contribution in [0.5, 0.6) is 0 Å². The van der Waals surface area contributed by atoms with Gasteiger partial charge in [0.25, 0.3) is 0 Å². The number of unbranched alkanes of at least 4 members (excludes halogenated alkanes) is 4. The molecule has 0 rings (SSSR count). The summed E-state index contributed by atoms with van der Waals surface area (Å²) in [5.41, 5.74) is -0.326. The van der Waals surface area contributed by atoms with Crippen molar-refractivity contribution in [2.75, 3.05) is 0 Å². The normalized spacial score (nSPS) is 11.7. The van der Waals surface area contributed by atoms with Crippen molar-refractivity contribution in [1.82, 2.24) is 0 Å². The van der Waals surface area contributed by atoms with Gasteiger partial charge in [0.05, 0.1) is 0 Å². The highest BCUT2D eigenvalue weighted by molar-refractivity contribution is 6.64. The minimum absolute atomic E-state index is 0.206. The van der Waals surface area contributed by atoms with Crippen LogP contribution in [0.1, 0.15) is 59.3 Å². The lowest BCUT2D eigenvalue weighted by Crippen LogP contribution is -2.18. The summed E-state index contributed by atoms with van der Waals surface area (Å²) in [5.74, 6) is 0. The number of halogens is 1. The molecule has 0 aromatic carbocycles. The van der Waals surface area contributed by atoms with Gasteiger partial charge in [-0.1, -0.05) is 52.9 Å². The molecule has 0 radical (unpaired) electrons. The lowest BCUT2D eigenvalue weighted by atomic mass is 9.88. The molecule has 0 fully saturated rings. The molecule has 0 atom stereocenters. The minimum atomic E-state index is -0.326. The van der Waals surface area contributed by atoms with Gasteiger partial charge in [-0.3, -0.25) is 4.79 Å². The van der Waals surface area contributed by atoms with E-state index in [4.69, 9.17) is 11.6 Å². The topological polar surface area (TPSA) is 17.1 Å². The molecular formula is C11H21ClO. The van der Waals surface area contributed by atoms with Gasteiger partial charge in [0.1, 0.15) is 0 Å². The first-order valence-electron chi connectivity index (χ1n) is 5.20. The first-order valence-corrected chi connectivity index (χ1v) is 5.58. The largest absolute Gasteiger partial charge is 0.281 e. The van der Waals surface area contributed by atoms with Crippen molar-refractivity contribution in [2.24, 2.45) is 5.41 Å². The summed E-state index contributed by atoms with van der Waals surface area (Å²) in [6, 6.07) is 0. The molecule has 0 aliphatic carbocycles. The first kappa shape index (κ1) is 13.0. The number of hydrogen-bond acceptors (Lipinski definition) is 1. The first-order chi connectivity index (χ1) is 6.00. The average Bonchev–Trinajstić information content (AvgIpc) is 2.03. The average molecular weight is 205 g/mol. The van der Waals surface area contributed by atoms with E-state index in [-0.39, 0.29) is 10.7 Å². The molecule has 0 aliphatic heterocycles. The van der Waals surface area contributed by atoms with Gasteiger partial charge in [-0.2, -0.15) is 0 Å². The van der Waals surface area contributed by atoms with Crippen LogP contribution in [-0.4, -0.2) is 5.24 Å². The molecule has 0 spiro atoms. The monoisotopic (exact) mass is 204 g/mol. The Morgan fingerprint density at radius 1 is 1.15 bits per heavy atom. The van der Waals surface area contributed by atoms with E-state index in [0.29, 0.717) is 0 Å². The third-order valence-electron chi connectivity index (χ3n) is 2.44. The predicted octanol–water partition coefficient (Wildman–Crippen LogP) is 4.14. The Bertz CT molecular complexity index is 152. The van der Waals surface area contributed by atoms with Gasteiger partial charge in [-0.05, 0) is 18.0 Å². The zero-order valence-corrected chi connectivity index (χ0v) is 9.78. The van der Waals surface area contributed by atoms with Crippen molar-refractivity contribution in [3.63, 3.8) is 0 Å². The second kappa shape index (κ2) is 6.42. The summed E-state index contributed by atoms with van der Waals surface area (Å²) < 4.78 is 0. The van der Waals surface area contributed by atoms with Crippen LogP contribution in [0.3, 0.4) is 0 Å². The van der Waals surface area contributed by atoms with Crippen LogP contribution in [0.15, 0.2) is 0 Å². The van der Waals surface area contributed by atoms with Crippen LogP contribution in [0.4, 0.5) is 0 Å². The fraction of sp³-hybridized carbons (Fsp3) is 0.909. The van der Waals surface area contributed by atoms with Gasteiger partial charge in [-0.25, -0.2) is 0 Å². The van der Waals surface area contributed by atoms with Crippen LogP contribution in [-0.2, 0) is 4.79 Å². The van der Waals surface area contributed by atoms with Crippen LogP contribution in [0.25, 0.3) is 0 Å². The predicted molar refractivity (Wildman–Crippen MR) is 58.0 cm³/mol. The number of hydrogen-bond donors (Lipinski definition) is 0. The van der Waals surface area contributed by atoms with E-state index >= 15 is 0 Å². The number of rotatable bonds is 7. The van der Waals surface area contributed by atoms with Crippen molar-refractivity contribution in [2.45, 2.75) is 59.3 Å². The SMILES string of the molecule is CCCCCCCC(C)(C)C(=O)Cl. The number of carbonyl (C=O) groups is 1. The summed E-state index contributed by atoms with van der Waals surface area (Å²) in [6.07, 6.45) is 7.10. The minimum Gasteiger partial charge on any atom is -0.281 e. The highest BCUT2D eigenvalue weighted by Gasteiger charge is 2.24. The van der Waals surface area contributed by atoms with E-state index in [1.807, 2.05) is 13.8 Å². The summed E-state index contributed by atoms with van der Waals surface area (Å²) in [6.45, 7) is 6.04. The summed E-state index contributed by atoms with van der Waals surface area (Å²) in [7, 11) is 0. The molecule has 0 aliphatic rings. The molecule has 0 amide bonds. The molecular weight excluding hydrogens is 184 g/mol. The molecule has 1 nitrogen and oxygen atoms in total. The zero-order chi connectivity index (χ0) is 10.3. The summed E-state index contributed by atoms with van der Waals surface area (Å²) in [5, 5.41) is -0.206. The molecule has 0 N–H and O–H groups in total. The van der Waals surface area contributed by atoms with Gasteiger partial charge >= 0.3 is 0 Å². The molecule has 0 aromatic heterocycles. The van der Waals surface area contributed by atoms with E-state index in [2.05, 4.69) is 6.92 Å². The lowest BCUT2D eigenvalue weighted by Gasteiger charge is -2.18. The third-order valence-corrected chi connectivity index (χ3v) is 2.95. The Morgan fingerprint density at radius 2 is 1.69 bits per heavy atom. The highest BCUT2D eigenvalue weighted by Crippen LogP contribution is 2.26. The van der Waals surface area contributed by atoms with Crippen LogP contribution in [0.2, 0.25) is 0 Å². The fourth-order valence-corrected chi connectivity index (χ4v) is 1.36. The zero-order valence-electron chi connectivity index (χ0n) is 9.03. The Labute approximate surface area is 86.9 Å². The van der Waals surface area contributed by atoms with E-state index in [1.54, 1.807) is 0 Å². The van der Waals surface area contributed by atoms with E-state index in [0.717, 1.165) is 12.8 Å². The molecule has 0 saturated carbocycles. The van der Waals surface area contributed by atoms with Crippen LogP contribution >= 0.6 is 11.6 Å². The Kier molecular flexibility index (Phi) is 6.40. The maximum atomic E-state index is 11.0. The van der Waals surface area contributed by atoms with Gasteiger partial charge in [0.2, 0.25) is 5.24 Å². The van der Waals surface area contributed by atoms with Crippen LogP contribution in [0, 0.1) is 5.41 Å². The quantitative estimate of drug-likeness (QED) is 0.450. The maximum absolute atomic E-state index is 11.0. The summed E-state index contributed by atoms with van der Waals surface area (Å²) in [4.78, 5) is 11.0. The van der Waals surface area contributed by atoms with Crippen molar-refractivity contribution >= 4 is 16.8 Å². The molecule has 13 heavy (non-hydrogen) atoms. The van der Waals surface area contributed by atoms with Crippen molar-refractivity contribution in [1.29, 1.82) is 0 Å². The Balaban J connectivity index is 3.46. The van der Waals surface area contributed by atoms with Crippen molar-refractivity contribution in [3.05, 3.63) is 0 Å². The Morgan fingerprint density at radius 3 is 2.15 bits per heavy atom. The van der Waals surface area contributed by atoms with Crippen molar-refractivity contribution in [3.8, 4) is 0 Å². The highest BCUT2D eigenvalue weighted by atomic mass is 35.5. The molecule has 78 valence electrons.